The number of hydrogen-bond donors (Lipinski definition) is 1. The van der Waals surface area contributed by atoms with Gasteiger partial charge in [0.2, 0.25) is 5.88 Å². The van der Waals surface area contributed by atoms with Gasteiger partial charge in [0.25, 0.3) is 11.8 Å². The van der Waals surface area contributed by atoms with E-state index in [2.05, 4.69) is 4.98 Å². The highest BCUT2D eigenvalue weighted by molar-refractivity contribution is 6.03. The van der Waals surface area contributed by atoms with Gasteiger partial charge in [0, 0.05) is 48.9 Å². The molecule has 0 radical (unpaired) electrons. The molecule has 0 bridgehead atoms. The van der Waals surface area contributed by atoms with Crippen LogP contribution in [0.2, 0.25) is 0 Å². The summed E-state index contributed by atoms with van der Waals surface area (Å²) in [7, 11) is 0. The SMILES string of the molecule is O=C1c2cc(N3CC[C@@H](Oc4ccc(OCCC5CC5)nc4)C3=O)cc(F)c2CN1CCO. The number of β-amino-alcohol motifs (C(OH)–C–C–N with tert-alkyl or cyclic N) is 1. The van der Waals surface area contributed by atoms with Gasteiger partial charge >= 0.3 is 0 Å². The molecule has 1 saturated carbocycles. The summed E-state index contributed by atoms with van der Waals surface area (Å²) >= 11 is 0. The van der Waals surface area contributed by atoms with Crippen LogP contribution in [0.5, 0.6) is 11.6 Å². The average Bonchev–Trinajstić information content (AvgIpc) is 3.49. The summed E-state index contributed by atoms with van der Waals surface area (Å²) in [6.07, 6.45) is 4.86. The quantitative estimate of drug-likeness (QED) is 0.625. The monoisotopic (exact) mass is 455 g/mol. The number of hydrogen-bond acceptors (Lipinski definition) is 6. The number of aliphatic hydroxyl groups excluding tert-OH is 1. The van der Waals surface area contributed by atoms with E-state index in [9.17, 15) is 14.0 Å². The van der Waals surface area contributed by atoms with Crippen LogP contribution in [0.4, 0.5) is 10.1 Å². The Morgan fingerprint density at radius 2 is 2.03 bits per heavy atom. The molecule has 2 aliphatic heterocycles. The summed E-state index contributed by atoms with van der Waals surface area (Å²) in [5.74, 6) is 0.604. The van der Waals surface area contributed by atoms with Crippen LogP contribution >= 0.6 is 0 Å². The minimum Gasteiger partial charge on any atom is -0.479 e. The maximum absolute atomic E-state index is 14.7. The molecular formula is C24H26FN3O5. The highest BCUT2D eigenvalue weighted by Gasteiger charge is 2.37. The minimum absolute atomic E-state index is 0.119. The number of rotatable bonds is 9. The number of fused-ring (bicyclic) bond motifs is 1. The highest BCUT2D eigenvalue weighted by atomic mass is 19.1. The molecule has 3 heterocycles. The van der Waals surface area contributed by atoms with Gasteiger partial charge in [-0.3, -0.25) is 9.59 Å². The first-order valence-electron chi connectivity index (χ1n) is 11.3. The fraction of sp³-hybridized carbons (Fsp3) is 0.458. The van der Waals surface area contributed by atoms with Crippen LogP contribution in [-0.2, 0) is 11.3 Å². The number of ether oxygens (including phenoxy) is 2. The molecule has 5 rings (SSSR count). The third-order valence-electron chi connectivity index (χ3n) is 6.35. The number of aromatic nitrogens is 1. The maximum atomic E-state index is 14.7. The highest BCUT2D eigenvalue weighted by Crippen LogP contribution is 2.33. The Morgan fingerprint density at radius 3 is 2.76 bits per heavy atom. The van der Waals surface area contributed by atoms with E-state index in [-0.39, 0.29) is 37.1 Å². The molecule has 1 aliphatic carbocycles. The standard InChI is InChI=1S/C24H26FN3O5/c25-20-12-16(11-18-19(20)14-27(8-9-29)23(18)30)28-7-5-21(24(28)31)33-17-3-4-22(26-13-17)32-10-6-15-1-2-15/h3-4,11-13,15,21,29H,1-2,5-10,14H2/t21-/m1/s1. The second kappa shape index (κ2) is 8.97. The molecule has 8 nitrogen and oxygen atoms in total. The van der Waals surface area contributed by atoms with E-state index in [1.807, 2.05) is 0 Å². The van der Waals surface area contributed by atoms with Crippen molar-refractivity contribution >= 4 is 17.5 Å². The lowest BCUT2D eigenvalue weighted by Crippen LogP contribution is -2.32. The summed E-state index contributed by atoms with van der Waals surface area (Å²) in [6.45, 7) is 1.06. The van der Waals surface area contributed by atoms with Crippen LogP contribution < -0.4 is 14.4 Å². The zero-order chi connectivity index (χ0) is 22.9. The molecule has 1 saturated heterocycles. The second-order valence-corrected chi connectivity index (χ2v) is 8.70. The fourth-order valence-electron chi connectivity index (χ4n) is 4.31. The Bertz CT molecular complexity index is 1060. The predicted molar refractivity (Wildman–Crippen MR) is 117 cm³/mol. The van der Waals surface area contributed by atoms with Crippen molar-refractivity contribution in [2.45, 2.75) is 38.3 Å². The Kier molecular flexibility index (Phi) is 5.88. The van der Waals surface area contributed by atoms with Gasteiger partial charge in [-0.15, -0.1) is 0 Å². The van der Waals surface area contributed by atoms with E-state index in [4.69, 9.17) is 14.6 Å². The van der Waals surface area contributed by atoms with Crippen molar-refractivity contribution in [3.05, 3.63) is 47.4 Å². The largest absolute Gasteiger partial charge is 0.479 e. The van der Waals surface area contributed by atoms with Crippen molar-refractivity contribution in [1.29, 1.82) is 0 Å². The number of nitrogens with zero attached hydrogens (tertiary/aromatic N) is 3. The number of pyridine rings is 1. The summed E-state index contributed by atoms with van der Waals surface area (Å²) in [5, 5.41) is 9.11. The minimum atomic E-state index is -0.716. The predicted octanol–water partition coefficient (Wildman–Crippen LogP) is 2.53. The van der Waals surface area contributed by atoms with E-state index in [1.54, 1.807) is 18.2 Å². The molecule has 9 heteroatoms. The van der Waals surface area contributed by atoms with Crippen molar-refractivity contribution < 1.29 is 28.6 Å². The first-order valence-corrected chi connectivity index (χ1v) is 11.3. The van der Waals surface area contributed by atoms with Crippen molar-refractivity contribution in [2.75, 3.05) is 31.2 Å². The van der Waals surface area contributed by atoms with Crippen LogP contribution in [0.1, 0.15) is 41.6 Å². The summed E-state index contributed by atoms with van der Waals surface area (Å²) < 4.78 is 26.2. The number of benzene rings is 1. The lowest BCUT2D eigenvalue weighted by Gasteiger charge is -2.18. The van der Waals surface area contributed by atoms with E-state index in [0.717, 1.165) is 12.3 Å². The number of anilines is 1. The van der Waals surface area contributed by atoms with Gasteiger partial charge in [-0.2, -0.15) is 0 Å². The molecule has 3 aliphatic rings. The Labute approximate surface area is 190 Å². The molecule has 0 spiro atoms. The van der Waals surface area contributed by atoms with Crippen LogP contribution in [0.25, 0.3) is 0 Å². The first kappa shape index (κ1) is 21.6. The zero-order valence-electron chi connectivity index (χ0n) is 18.2. The summed E-state index contributed by atoms with van der Waals surface area (Å²) in [5.41, 5.74) is 0.860. The van der Waals surface area contributed by atoms with E-state index >= 15 is 0 Å². The Hall–Kier alpha value is -3.20. The van der Waals surface area contributed by atoms with Gasteiger partial charge in [-0.25, -0.2) is 9.37 Å². The zero-order valence-corrected chi connectivity index (χ0v) is 18.2. The van der Waals surface area contributed by atoms with Gasteiger partial charge in [-0.05, 0) is 30.5 Å². The first-order chi connectivity index (χ1) is 16.0. The molecule has 2 amide bonds. The lowest BCUT2D eigenvalue weighted by molar-refractivity contribution is -0.122. The third kappa shape index (κ3) is 4.50. The summed E-state index contributed by atoms with van der Waals surface area (Å²) in [6, 6.07) is 6.27. The molecule has 33 heavy (non-hydrogen) atoms. The average molecular weight is 455 g/mol. The van der Waals surface area contributed by atoms with Crippen molar-refractivity contribution in [3.8, 4) is 11.6 Å². The fourth-order valence-corrected chi connectivity index (χ4v) is 4.31. The molecule has 2 fully saturated rings. The van der Waals surface area contributed by atoms with Crippen molar-refractivity contribution in [2.24, 2.45) is 5.92 Å². The number of aliphatic hydroxyl groups is 1. The van der Waals surface area contributed by atoms with Gasteiger partial charge in [0.05, 0.1) is 19.4 Å². The van der Waals surface area contributed by atoms with E-state index < -0.39 is 11.9 Å². The number of carbonyl (C=O) groups excluding carboxylic acids is 2. The molecular weight excluding hydrogens is 429 g/mol. The van der Waals surface area contributed by atoms with Crippen LogP contribution in [-0.4, -0.2) is 59.2 Å². The summed E-state index contributed by atoms with van der Waals surface area (Å²) in [4.78, 5) is 32.6. The smallest absolute Gasteiger partial charge is 0.268 e. The Balaban J connectivity index is 1.23. The molecule has 1 N–H and O–H groups in total. The Morgan fingerprint density at radius 1 is 1.18 bits per heavy atom. The van der Waals surface area contributed by atoms with Gasteiger partial charge < -0.3 is 24.4 Å². The normalized spacial score (nSPS) is 19.9. The molecule has 1 aromatic heterocycles. The third-order valence-corrected chi connectivity index (χ3v) is 6.35. The maximum Gasteiger partial charge on any atom is 0.268 e. The van der Waals surface area contributed by atoms with Gasteiger partial charge in [0.1, 0.15) is 11.6 Å². The van der Waals surface area contributed by atoms with Gasteiger partial charge in [0.15, 0.2) is 6.10 Å². The molecule has 174 valence electrons. The number of carbonyl (C=O) groups is 2. The second-order valence-electron chi connectivity index (χ2n) is 8.70. The topological polar surface area (TPSA) is 92.2 Å². The molecule has 0 unspecified atom stereocenters. The lowest BCUT2D eigenvalue weighted by atomic mass is 10.1. The molecule has 2 aromatic rings. The molecule has 1 aromatic carbocycles. The van der Waals surface area contributed by atoms with Crippen molar-refractivity contribution in [1.82, 2.24) is 9.88 Å². The van der Waals surface area contributed by atoms with E-state index in [0.29, 0.717) is 42.5 Å². The van der Waals surface area contributed by atoms with Gasteiger partial charge in [-0.1, -0.05) is 12.8 Å². The van der Waals surface area contributed by atoms with Crippen LogP contribution in [0.15, 0.2) is 30.5 Å². The van der Waals surface area contributed by atoms with Crippen LogP contribution in [0, 0.1) is 11.7 Å². The van der Waals surface area contributed by atoms with Crippen LogP contribution in [0.3, 0.4) is 0 Å². The molecule has 1 atom stereocenters. The van der Waals surface area contributed by atoms with Crippen molar-refractivity contribution in [3.63, 3.8) is 0 Å². The van der Waals surface area contributed by atoms with E-state index in [1.165, 1.54) is 34.9 Å². The number of halogens is 1. The number of amides is 2.